The maximum atomic E-state index is 14.0. The highest BCUT2D eigenvalue weighted by atomic mass is 32.2. The smallest absolute Gasteiger partial charge is 0.417 e. The van der Waals surface area contributed by atoms with Gasteiger partial charge in [-0.25, -0.2) is 13.4 Å². The molecule has 0 radical (unpaired) electrons. The number of aliphatic hydroxyl groups excluding tert-OH is 1. The van der Waals surface area contributed by atoms with Crippen molar-refractivity contribution in [3.05, 3.63) is 47.2 Å². The molecule has 13 heteroatoms. The summed E-state index contributed by atoms with van der Waals surface area (Å²) >= 11 is 0. The van der Waals surface area contributed by atoms with Gasteiger partial charge in [-0.15, -0.1) is 0 Å². The first-order valence-corrected chi connectivity index (χ1v) is 14.5. The molecule has 1 aromatic heterocycles. The van der Waals surface area contributed by atoms with E-state index in [2.05, 4.69) is 4.98 Å². The molecule has 0 spiro atoms. The average Bonchev–Trinajstić information content (AvgIpc) is 3.53. The number of hydrogen-bond donors (Lipinski definition) is 2. The molecule has 2 aromatic rings. The van der Waals surface area contributed by atoms with Crippen LogP contribution in [0.3, 0.4) is 0 Å². The summed E-state index contributed by atoms with van der Waals surface area (Å²) in [5.41, 5.74) is 0.860. The van der Waals surface area contributed by atoms with E-state index in [1.807, 2.05) is 6.08 Å². The minimum Gasteiger partial charge on any atom is -0.486 e. The highest BCUT2D eigenvalue weighted by Gasteiger charge is 2.40. The van der Waals surface area contributed by atoms with Gasteiger partial charge in [0.25, 0.3) is 10.0 Å². The third-order valence-corrected chi connectivity index (χ3v) is 9.36. The lowest BCUT2D eigenvalue weighted by Gasteiger charge is -2.36. The Labute approximate surface area is 229 Å². The molecule has 5 rings (SSSR count). The maximum absolute atomic E-state index is 14.0. The van der Waals surface area contributed by atoms with Gasteiger partial charge >= 0.3 is 12.1 Å². The molecule has 2 aliphatic carbocycles. The Bertz CT molecular complexity index is 1430. The second-order valence-corrected chi connectivity index (χ2v) is 12.2. The fraction of sp³-hybridized carbons (Fsp3) is 0.481. The molecule has 2 fully saturated rings. The Balaban J connectivity index is 1.58. The van der Waals surface area contributed by atoms with Gasteiger partial charge in [-0.2, -0.15) is 13.2 Å². The van der Waals surface area contributed by atoms with Gasteiger partial charge in [0.2, 0.25) is 5.88 Å². The Morgan fingerprint density at radius 2 is 2.05 bits per heavy atom. The number of carbonyl (C=O) groups is 1. The number of aromatic nitrogens is 1. The number of ether oxygens (including phenoxy) is 2. The number of rotatable bonds is 9. The molecule has 40 heavy (non-hydrogen) atoms. The summed E-state index contributed by atoms with van der Waals surface area (Å²) in [7, 11) is -4.73. The van der Waals surface area contributed by atoms with E-state index in [9.17, 15) is 26.4 Å². The highest BCUT2D eigenvalue weighted by Crippen LogP contribution is 2.49. The predicted octanol–water partition coefficient (Wildman–Crippen LogP) is 4.50. The van der Waals surface area contributed by atoms with Gasteiger partial charge in [-0.3, -0.25) is 9.10 Å². The minimum absolute atomic E-state index is 0.0234. The van der Waals surface area contributed by atoms with Crippen molar-refractivity contribution in [2.24, 2.45) is 11.8 Å². The summed E-state index contributed by atoms with van der Waals surface area (Å²) in [6.45, 7) is -1.23. The molecule has 216 valence electrons. The van der Waals surface area contributed by atoms with Gasteiger partial charge in [0.05, 0.1) is 24.4 Å². The van der Waals surface area contributed by atoms with Crippen LogP contribution in [0, 0.1) is 11.8 Å². The topological polar surface area (TPSA) is 126 Å². The van der Waals surface area contributed by atoms with E-state index in [0.29, 0.717) is 24.1 Å². The Kier molecular flexibility index (Phi) is 7.71. The van der Waals surface area contributed by atoms with Crippen molar-refractivity contribution in [1.82, 2.24) is 4.98 Å². The Morgan fingerprint density at radius 1 is 1.25 bits per heavy atom. The number of aliphatic carboxylic acids is 1. The molecule has 2 unspecified atom stereocenters. The maximum Gasteiger partial charge on any atom is 0.417 e. The molecular formula is C27H29F3N2O7S. The van der Waals surface area contributed by atoms with Crippen molar-refractivity contribution < 1.29 is 46.1 Å². The summed E-state index contributed by atoms with van der Waals surface area (Å²) < 4.78 is 80.9. The van der Waals surface area contributed by atoms with Gasteiger partial charge in [0, 0.05) is 12.6 Å². The minimum atomic E-state index is -4.88. The lowest BCUT2D eigenvalue weighted by atomic mass is 9.93. The molecule has 0 amide bonds. The van der Waals surface area contributed by atoms with Crippen molar-refractivity contribution in [2.45, 2.75) is 55.7 Å². The van der Waals surface area contributed by atoms with E-state index in [1.54, 1.807) is 18.2 Å². The largest absolute Gasteiger partial charge is 0.486 e. The quantitative estimate of drug-likeness (QED) is 0.443. The molecule has 3 atom stereocenters. The fourth-order valence-corrected chi connectivity index (χ4v) is 7.32. The summed E-state index contributed by atoms with van der Waals surface area (Å²) in [5, 5.41) is 18.3. The van der Waals surface area contributed by atoms with E-state index in [-0.39, 0.29) is 37.4 Å². The van der Waals surface area contributed by atoms with Crippen LogP contribution in [-0.4, -0.2) is 55.4 Å². The van der Waals surface area contributed by atoms with E-state index in [0.717, 1.165) is 29.1 Å². The molecule has 2 N–H and O–H groups in total. The zero-order valence-electron chi connectivity index (χ0n) is 21.4. The molecular weight excluding hydrogens is 553 g/mol. The molecule has 1 aromatic carbocycles. The second kappa shape index (κ2) is 10.9. The van der Waals surface area contributed by atoms with Gasteiger partial charge < -0.3 is 19.7 Å². The van der Waals surface area contributed by atoms with Crippen LogP contribution in [0.2, 0.25) is 0 Å². The predicted molar refractivity (Wildman–Crippen MR) is 138 cm³/mol. The van der Waals surface area contributed by atoms with Crippen molar-refractivity contribution in [2.75, 3.05) is 24.1 Å². The van der Waals surface area contributed by atoms with E-state index in [4.69, 9.17) is 19.7 Å². The molecule has 0 saturated heterocycles. The van der Waals surface area contributed by atoms with E-state index in [1.165, 1.54) is 12.0 Å². The summed E-state index contributed by atoms with van der Waals surface area (Å²) in [4.78, 5) is 14.0. The zero-order valence-corrected chi connectivity index (χ0v) is 22.2. The molecule has 2 bridgehead atoms. The number of sulfonamides is 1. The zero-order chi connectivity index (χ0) is 28.7. The van der Waals surface area contributed by atoms with Crippen LogP contribution in [0.25, 0.3) is 6.08 Å². The lowest BCUT2D eigenvalue weighted by Crippen LogP contribution is -2.44. The van der Waals surface area contributed by atoms with E-state index < -0.39 is 51.2 Å². The number of halogens is 3. The van der Waals surface area contributed by atoms with Crippen LogP contribution in [0.4, 0.5) is 18.9 Å². The summed E-state index contributed by atoms with van der Waals surface area (Å²) in [6, 6.07) is 5.45. The van der Waals surface area contributed by atoms with Crippen molar-refractivity contribution >= 4 is 27.8 Å². The summed E-state index contributed by atoms with van der Waals surface area (Å²) in [5.74, 6) is -0.358. The van der Waals surface area contributed by atoms with Crippen LogP contribution in [0.15, 0.2) is 40.9 Å². The lowest BCUT2D eigenvalue weighted by molar-refractivity contribution is -0.138. The number of pyridine rings is 1. The third kappa shape index (κ3) is 5.75. The average molecular weight is 583 g/mol. The SMILES string of the molecule is O=C(O)CC[C@H]1CN(S(=O)(=O)c2cc(C(F)(F)F)cnc2OCCO)c2cc(/C=C3\CC4CCC3C4)ccc2O1. The Morgan fingerprint density at radius 3 is 2.70 bits per heavy atom. The number of benzene rings is 1. The number of hydrogen-bond acceptors (Lipinski definition) is 7. The van der Waals surface area contributed by atoms with Crippen LogP contribution >= 0.6 is 0 Å². The van der Waals surface area contributed by atoms with Crippen molar-refractivity contribution in [1.29, 1.82) is 0 Å². The molecule has 2 saturated carbocycles. The number of anilines is 1. The van der Waals surface area contributed by atoms with Gasteiger partial charge in [-0.1, -0.05) is 17.7 Å². The number of nitrogens with zero attached hydrogens (tertiary/aromatic N) is 2. The van der Waals surface area contributed by atoms with Gasteiger partial charge in [-0.05, 0) is 67.7 Å². The van der Waals surface area contributed by atoms with Crippen LogP contribution in [0.5, 0.6) is 11.6 Å². The molecule has 1 aliphatic heterocycles. The number of carboxylic acid groups (broad SMARTS) is 1. The van der Waals surface area contributed by atoms with Crippen LogP contribution in [0.1, 0.15) is 49.7 Å². The Hall–Kier alpha value is -3.32. The van der Waals surface area contributed by atoms with E-state index >= 15 is 0 Å². The normalized spacial score (nSPS) is 23.2. The number of allylic oxidation sites excluding steroid dienone is 1. The number of fused-ring (bicyclic) bond motifs is 3. The van der Waals surface area contributed by atoms with Crippen LogP contribution < -0.4 is 13.8 Å². The fourth-order valence-electron chi connectivity index (χ4n) is 5.71. The standard InChI is InChI=1S/C27H29F3N2O7S/c28-27(29,30)20-13-24(26(31-14-20)38-8-7-33)40(36,37)32-15-21(4-6-25(34)35)39-23-5-2-17(12-22(23)32)11-19-10-16-1-3-18(19)9-16/h2,5,11-14,16,18,21,33H,1,3-4,6-10,15H2,(H,34,35)/b19-11+/t16?,18?,21-/m0/s1. The first kappa shape index (κ1) is 28.2. The van der Waals surface area contributed by atoms with Gasteiger partial charge in [0.15, 0.2) is 4.90 Å². The highest BCUT2D eigenvalue weighted by molar-refractivity contribution is 7.93. The van der Waals surface area contributed by atoms with Crippen LogP contribution in [-0.2, 0) is 21.0 Å². The third-order valence-electron chi connectivity index (χ3n) is 7.58. The molecule has 9 nitrogen and oxygen atoms in total. The van der Waals surface area contributed by atoms with Crippen molar-refractivity contribution in [3.8, 4) is 11.6 Å². The molecule has 3 aliphatic rings. The monoisotopic (exact) mass is 582 g/mol. The first-order valence-electron chi connectivity index (χ1n) is 13.0. The number of aliphatic hydroxyl groups is 1. The second-order valence-electron chi connectivity index (χ2n) is 10.3. The van der Waals surface area contributed by atoms with Gasteiger partial charge in [0.1, 0.15) is 18.5 Å². The number of carboxylic acids is 1. The summed E-state index contributed by atoms with van der Waals surface area (Å²) in [6.07, 6.45) is 0.894. The first-order chi connectivity index (χ1) is 19.0. The number of alkyl halides is 3. The van der Waals surface area contributed by atoms with Crippen molar-refractivity contribution in [3.63, 3.8) is 0 Å². The molecule has 2 heterocycles.